The zero-order valence-electron chi connectivity index (χ0n) is 9.21. The van der Waals surface area contributed by atoms with Crippen molar-refractivity contribution in [1.29, 1.82) is 0 Å². The molecule has 1 fully saturated rings. The molecule has 0 aromatic carbocycles. The Morgan fingerprint density at radius 3 is 2.38 bits per heavy atom. The van der Waals surface area contributed by atoms with E-state index in [0.717, 1.165) is 0 Å². The molecule has 1 aliphatic rings. The zero-order chi connectivity index (χ0) is 9.23. The maximum Gasteiger partial charge on any atom is 1.00 e. The van der Waals surface area contributed by atoms with Gasteiger partial charge in [0.25, 0.3) is 0 Å². The third-order valence-corrected chi connectivity index (χ3v) is 1.67. The molecule has 0 spiro atoms. The number of nitrogens with zero attached hydrogens (tertiary/aromatic N) is 1. The molecule has 0 N–H and O–H groups in total. The van der Waals surface area contributed by atoms with Crippen LogP contribution in [0.1, 0.15) is 19.8 Å². The van der Waals surface area contributed by atoms with Crippen LogP contribution in [0.15, 0.2) is 18.7 Å². The molecule has 13 heavy (non-hydrogen) atoms. The van der Waals surface area contributed by atoms with Gasteiger partial charge in [0.2, 0.25) is 0 Å². The van der Waals surface area contributed by atoms with Crippen molar-refractivity contribution in [2.24, 2.45) is 0 Å². The minimum Gasteiger partial charge on any atom is -0.336 e. The normalized spacial score (nSPS) is 17.1. The SMILES string of the molecule is C=C[C-]=CC.CN1C[CH-]CCC1.[Li+]. The van der Waals surface area contributed by atoms with Gasteiger partial charge >= 0.3 is 18.9 Å². The average Bonchev–Trinajstić information content (AvgIpc) is 2.08. The summed E-state index contributed by atoms with van der Waals surface area (Å²) in [7, 11) is 2.16. The first-order valence-electron chi connectivity index (χ1n) is 4.46. The summed E-state index contributed by atoms with van der Waals surface area (Å²) in [5.41, 5.74) is 0. The van der Waals surface area contributed by atoms with Gasteiger partial charge in [-0.05, 0) is 13.6 Å². The number of hydrogen-bond acceptors (Lipinski definition) is 1. The van der Waals surface area contributed by atoms with Crippen molar-refractivity contribution < 1.29 is 18.9 Å². The number of hydrogen-bond donors (Lipinski definition) is 0. The third-order valence-electron chi connectivity index (χ3n) is 1.67. The molecule has 70 valence electrons. The standard InChI is InChI=1S/C6H12N.C5H7.Li/c1-7-5-3-2-4-6-7;1-3-5-4-2;/h3H,2,4-6H2,1H3;3-4H,1H2,2H3;/q2*-1;+1. The van der Waals surface area contributed by atoms with Crippen molar-refractivity contribution in [2.75, 3.05) is 20.1 Å². The van der Waals surface area contributed by atoms with Crippen molar-refractivity contribution in [1.82, 2.24) is 4.90 Å². The van der Waals surface area contributed by atoms with Gasteiger partial charge in [-0.25, -0.2) is 12.7 Å². The summed E-state index contributed by atoms with van der Waals surface area (Å²) in [5.74, 6) is 0. The maximum absolute atomic E-state index is 3.41. The first-order chi connectivity index (χ1) is 5.81. The summed E-state index contributed by atoms with van der Waals surface area (Å²) >= 11 is 0. The Morgan fingerprint density at radius 2 is 2.23 bits per heavy atom. The fourth-order valence-electron chi connectivity index (χ4n) is 1.03. The summed E-state index contributed by atoms with van der Waals surface area (Å²) in [5, 5.41) is 0. The van der Waals surface area contributed by atoms with Crippen LogP contribution in [0.2, 0.25) is 0 Å². The molecular formula is C11H19LiN-. The van der Waals surface area contributed by atoms with Crippen LogP contribution in [-0.4, -0.2) is 25.0 Å². The van der Waals surface area contributed by atoms with E-state index in [-0.39, 0.29) is 18.9 Å². The van der Waals surface area contributed by atoms with Gasteiger partial charge in [-0.2, -0.15) is 12.5 Å². The van der Waals surface area contributed by atoms with Crippen LogP contribution in [0.25, 0.3) is 0 Å². The molecule has 1 rings (SSSR count). The van der Waals surface area contributed by atoms with E-state index in [1.165, 1.54) is 25.9 Å². The smallest absolute Gasteiger partial charge is 0.336 e. The average molecular weight is 172 g/mol. The van der Waals surface area contributed by atoms with E-state index < -0.39 is 0 Å². The van der Waals surface area contributed by atoms with E-state index in [9.17, 15) is 0 Å². The summed E-state index contributed by atoms with van der Waals surface area (Å²) in [6.45, 7) is 7.80. The predicted octanol–water partition coefficient (Wildman–Crippen LogP) is -0.528. The maximum atomic E-state index is 3.41. The second-order valence-electron chi connectivity index (χ2n) is 2.85. The first-order valence-corrected chi connectivity index (χ1v) is 4.46. The molecule has 0 bridgehead atoms. The van der Waals surface area contributed by atoms with Crippen LogP contribution < -0.4 is 18.9 Å². The van der Waals surface area contributed by atoms with Crippen LogP contribution in [0.5, 0.6) is 0 Å². The first kappa shape index (κ1) is 15.5. The Morgan fingerprint density at radius 1 is 1.54 bits per heavy atom. The van der Waals surface area contributed by atoms with E-state index in [2.05, 4.69) is 31.0 Å². The molecule has 0 radical (unpaired) electrons. The molecular weight excluding hydrogens is 153 g/mol. The minimum atomic E-state index is 0. The van der Waals surface area contributed by atoms with E-state index in [1.54, 1.807) is 6.08 Å². The fourth-order valence-corrected chi connectivity index (χ4v) is 1.03. The number of likely N-dealkylation sites (tertiary alicyclic amines) is 1. The zero-order valence-corrected chi connectivity index (χ0v) is 9.21. The Labute approximate surface area is 95.1 Å². The van der Waals surface area contributed by atoms with Crippen LogP contribution in [0, 0.1) is 12.5 Å². The van der Waals surface area contributed by atoms with E-state index in [4.69, 9.17) is 0 Å². The summed E-state index contributed by atoms with van der Waals surface area (Å²) in [6.07, 6.45) is 11.2. The second-order valence-corrected chi connectivity index (χ2v) is 2.85. The topological polar surface area (TPSA) is 3.24 Å². The number of allylic oxidation sites excluding steroid dienone is 3. The molecule has 1 heterocycles. The largest absolute Gasteiger partial charge is 1.00 e. The van der Waals surface area contributed by atoms with Gasteiger partial charge in [0.15, 0.2) is 0 Å². The minimum absolute atomic E-state index is 0. The molecule has 1 aliphatic heterocycles. The van der Waals surface area contributed by atoms with Crippen LogP contribution in [-0.2, 0) is 0 Å². The Kier molecular flexibility index (Phi) is 14.4. The molecule has 0 atom stereocenters. The van der Waals surface area contributed by atoms with Gasteiger partial charge in [0.05, 0.1) is 0 Å². The second kappa shape index (κ2) is 12.0. The molecule has 0 aromatic rings. The van der Waals surface area contributed by atoms with Crippen LogP contribution in [0.4, 0.5) is 0 Å². The number of piperidine rings is 1. The molecule has 0 saturated carbocycles. The van der Waals surface area contributed by atoms with Crippen molar-refractivity contribution >= 4 is 0 Å². The van der Waals surface area contributed by atoms with Gasteiger partial charge in [0, 0.05) is 0 Å². The van der Waals surface area contributed by atoms with Gasteiger partial charge < -0.3 is 11.3 Å². The van der Waals surface area contributed by atoms with Gasteiger partial charge in [0.1, 0.15) is 0 Å². The molecule has 0 amide bonds. The molecule has 0 aromatic heterocycles. The fraction of sp³-hybridized carbons (Fsp3) is 0.545. The Hall–Kier alpha value is 0.0374. The number of rotatable bonds is 1. The monoisotopic (exact) mass is 172 g/mol. The predicted molar refractivity (Wildman–Crippen MR) is 54.7 cm³/mol. The summed E-state index contributed by atoms with van der Waals surface area (Å²) in [6, 6.07) is 0. The van der Waals surface area contributed by atoms with E-state index in [1.807, 2.05) is 13.0 Å². The summed E-state index contributed by atoms with van der Waals surface area (Å²) in [4.78, 5) is 2.34. The van der Waals surface area contributed by atoms with Crippen molar-refractivity contribution in [3.63, 3.8) is 0 Å². The van der Waals surface area contributed by atoms with Gasteiger partial charge in [-0.1, -0.05) is 13.3 Å². The molecule has 2 heteroatoms. The molecule has 1 saturated heterocycles. The van der Waals surface area contributed by atoms with Crippen LogP contribution >= 0.6 is 0 Å². The van der Waals surface area contributed by atoms with Gasteiger partial charge in [-0.15, -0.1) is 6.54 Å². The van der Waals surface area contributed by atoms with E-state index in [0.29, 0.717) is 0 Å². The van der Waals surface area contributed by atoms with Gasteiger partial charge in [-0.3, -0.25) is 6.08 Å². The molecule has 0 unspecified atom stereocenters. The van der Waals surface area contributed by atoms with Crippen molar-refractivity contribution in [3.05, 3.63) is 31.2 Å². The Bertz CT molecular complexity index is 126. The van der Waals surface area contributed by atoms with Crippen LogP contribution in [0.3, 0.4) is 0 Å². The van der Waals surface area contributed by atoms with Crippen molar-refractivity contribution in [2.45, 2.75) is 19.8 Å². The molecule has 1 nitrogen and oxygen atoms in total. The van der Waals surface area contributed by atoms with Crippen molar-refractivity contribution in [3.8, 4) is 0 Å². The Balaban J connectivity index is 0. The molecule has 0 aliphatic carbocycles. The quantitative estimate of drug-likeness (QED) is 0.292. The van der Waals surface area contributed by atoms with E-state index >= 15 is 0 Å². The summed E-state index contributed by atoms with van der Waals surface area (Å²) < 4.78 is 0. The third kappa shape index (κ3) is 12.0.